The van der Waals surface area contributed by atoms with Crippen molar-refractivity contribution in [2.45, 2.75) is 0 Å². The van der Waals surface area contributed by atoms with Crippen molar-refractivity contribution in [3.8, 4) is 0 Å². The molecule has 0 rings (SSSR count). The summed E-state index contributed by atoms with van der Waals surface area (Å²) >= 11 is 0. The van der Waals surface area contributed by atoms with E-state index in [1.165, 1.54) is 7.11 Å². The van der Waals surface area contributed by atoms with E-state index < -0.39 is 5.97 Å². The Balaban J connectivity index is 3.32. The molecule has 51 valence electrons. The Morgan fingerprint density at radius 2 is 2.56 bits per heavy atom. The van der Waals surface area contributed by atoms with Gasteiger partial charge in [0.25, 0.3) is 0 Å². The first-order valence-electron chi connectivity index (χ1n) is 2.22. The molecular formula is C5H7O4. The van der Waals surface area contributed by atoms with Gasteiger partial charge in [-0.15, -0.1) is 0 Å². The molecule has 0 atom stereocenters. The van der Waals surface area contributed by atoms with Crippen LogP contribution < -0.4 is 0 Å². The fourth-order valence-corrected chi connectivity index (χ4v) is 0.221. The summed E-state index contributed by atoms with van der Waals surface area (Å²) in [4.78, 5) is 13.8. The molecule has 0 amide bonds. The summed E-state index contributed by atoms with van der Waals surface area (Å²) in [5, 5.41) is 7.72. The largest absolute Gasteiger partial charge is 0.466 e. The summed E-state index contributed by atoms with van der Waals surface area (Å²) in [6, 6.07) is 0. The number of hydrogen-bond acceptors (Lipinski definition) is 4. The molecule has 0 aliphatic carbocycles. The average Bonchev–Trinajstić information content (AvgIpc) is 1.89. The number of ether oxygens (including phenoxy) is 1. The zero-order chi connectivity index (χ0) is 7.11. The molecule has 0 bridgehead atoms. The van der Waals surface area contributed by atoms with Crippen molar-refractivity contribution in [3.05, 3.63) is 12.2 Å². The van der Waals surface area contributed by atoms with Crippen molar-refractivity contribution < 1.29 is 19.7 Å². The lowest BCUT2D eigenvalue weighted by atomic mass is 10.5. The van der Waals surface area contributed by atoms with Crippen LogP contribution in [0.15, 0.2) is 6.08 Å². The van der Waals surface area contributed by atoms with Gasteiger partial charge in [-0.1, -0.05) is 0 Å². The summed E-state index contributed by atoms with van der Waals surface area (Å²) in [5.74, 6) is -0.521. The van der Waals surface area contributed by atoms with Gasteiger partial charge in [0, 0.05) is 6.08 Å². The molecule has 0 heterocycles. The second kappa shape index (κ2) is 5.27. The SMILES string of the molecule is COC(=O)/C=[C]\COO. The highest BCUT2D eigenvalue weighted by Gasteiger charge is 1.88. The van der Waals surface area contributed by atoms with Crippen molar-refractivity contribution in [1.82, 2.24) is 0 Å². The molecule has 0 unspecified atom stereocenters. The highest BCUT2D eigenvalue weighted by Crippen LogP contribution is 1.76. The average molecular weight is 131 g/mol. The van der Waals surface area contributed by atoms with Crippen LogP contribution in [-0.2, 0) is 14.4 Å². The topological polar surface area (TPSA) is 55.8 Å². The zero-order valence-electron chi connectivity index (χ0n) is 4.96. The molecule has 0 aromatic rings. The van der Waals surface area contributed by atoms with Crippen LogP contribution in [0.25, 0.3) is 0 Å². The van der Waals surface area contributed by atoms with Crippen molar-refractivity contribution >= 4 is 5.97 Å². The van der Waals surface area contributed by atoms with E-state index in [1.807, 2.05) is 0 Å². The Hall–Kier alpha value is -0.870. The minimum atomic E-state index is -0.521. The molecule has 0 aromatic heterocycles. The molecule has 9 heavy (non-hydrogen) atoms. The van der Waals surface area contributed by atoms with Crippen molar-refractivity contribution in [2.24, 2.45) is 0 Å². The van der Waals surface area contributed by atoms with Gasteiger partial charge in [0.05, 0.1) is 7.11 Å². The van der Waals surface area contributed by atoms with E-state index in [4.69, 9.17) is 5.26 Å². The van der Waals surface area contributed by atoms with Crippen molar-refractivity contribution in [3.63, 3.8) is 0 Å². The standard InChI is InChI=1S/C5H7O4/c1-8-5(6)3-2-4-9-7/h3,7H,4H2,1H3. The maximum atomic E-state index is 10.2. The third-order valence-corrected chi connectivity index (χ3v) is 0.569. The molecule has 0 saturated heterocycles. The van der Waals surface area contributed by atoms with Crippen LogP contribution in [0.4, 0.5) is 0 Å². The monoisotopic (exact) mass is 131 g/mol. The molecule has 4 heteroatoms. The molecule has 4 nitrogen and oxygen atoms in total. The van der Waals surface area contributed by atoms with Crippen LogP contribution in [0.5, 0.6) is 0 Å². The van der Waals surface area contributed by atoms with E-state index in [0.717, 1.165) is 6.08 Å². The lowest BCUT2D eigenvalue weighted by Gasteiger charge is -1.87. The van der Waals surface area contributed by atoms with Crippen molar-refractivity contribution in [2.75, 3.05) is 13.7 Å². The summed E-state index contributed by atoms with van der Waals surface area (Å²) in [5.41, 5.74) is 0. The molecule has 0 saturated carbocycles. The summed E-state index contributed by atoms with van der Waals surface area (Å²) < 4.78 is 4.20. The molecule has 0 aliphatic rings. The normalized spacial score (nSPS) is 10.0. The van der Waals surface area contributed by atoms with Gasteiger partial charge in [0.2, 0.25) is 0 Å². The lowest BCUT2D eigenvalue weighted by molar-refractivity contribution is -0.233. The van der Waals surface area contributed by atoms with E-state index in [9.17, 15) is 4.79 Å². The van der Waals surface area contributed by atoms with Gasteiger partial charge in [-0.3, -0.25) is 5.26 Å². The van der Waals surface area contributed by atoms with Gasteiger partial charge >= 0.3 is 5.97 Å². The van der Waals surface area contributed by atoms with Crippen LogP contribution in [0.2, 0.25) is 0 Å². The number of methoxy groups -OCH3 is 1. The summed E-state index contributed by atoms with van der Waals surface area (Å²) in [6.07, 6.45) is 3.35. The minimum absolute atomic E-state index is 0.130. The maximum Gasteiger partial charge on any atom is 0.330 e. The van der Waals surface area contributed by atoms with E-state index in [2.05, 4.69) is 15.7 Å². The first-order chi connectivity index (χ1) is 4.31. The maximum absolute atomic E-state index is 10.2. The Labute approximate surface area is 52.6 Å². The Morgan fingerprint density at radius 1 is 1.89 bits per heavy atom. The van der Waals surface area contributed by atoms with E-state index in [-0.39, 0.29) is 6.61 Å². The number of carbonyl (C=O) groups excluding carboxylic acids is 1. The fraction of sp³-hybridized carbons (Fsp3) is 0.400. The number of rotatable bonds is 3. The molecular weight excluding hydrogens is 124 g/mol. The predicted octanol–water partition coefficient (Wildman–Crippen LogP) is 0.00839. The molecule has 1 N–H and O–H groups in total. The van der Waals surface area contributed by atoms with E-state index in [1.54, 1.807) is 0 Å². The minimum Gasteiger partial charge on any atom is -0.466 e. The Kier molecular flexibility index (Phi) is 4.76. The number of carbonyl (C=O) groups is 1. The van der Waals surface area contributed by atoms with Gasteiger partial charge in [-0.05, 0) is 6.08 Å². The van der Waals surface area contributed by atoms with Gasteiger partial charge in [-0.25, -0.2) is 9.68 Å². The molecule has 0 spiro atoms. The van der Waals surface area contributed by atoms with Crippen LogP contribution in [0.1, 0.15) is 0 Å². The predicted molar refractivity (Wildman–Crippen MR) is 28.4 cm³/mol. The molecule has 0 aromatic carbocycles. The number of hydrogen-bond donors (Lipinski definition) is 1. The van der Waals surface area contributed by atoms with Gasteiger partial charge in [0.1, 0.15) is 6.61 Å². The second-order valence-electron chi connectivity index (χ2n) is 1.15. The Bertz CT molecular complexity index is 108. The molecule has 1 radical (unpaired) electrons. The fourth-order valence-electron chi connectivity index (χ4n) is 0.221. The zero-order valence-corrected chi connectivity index (χ0v) is 4.96. The third kappa shape index (κ3) is 4.99. The van der Waals surface area contributed by atoms with Crippen LogP contribution >= 0.6 is 0 Å². The van der Waals surface area contributed by atoms with Crippen LogP contribution in [0, 0.1) is 6.08 Å². The third-order valence-electron chi connectivity index (χ3n) is 0.569. The number of esters is 1. The highest BCUT2D eigenvalue weighted by molar-refractivity contribution is 5.81. The summed E-state index contributed by atoms with van der Waals surface area (Å²) in [7, 11) is 1.25. The van der Waals surface area contributed by atoms with Gasteiger partial charge in [0.15, 0.2) is 0 Å². The van der Waals surface area contributed by atoms with Crippen LogP contribution in [-0.4, -0.2) is 24.9 Å². The quantitative estimate of drug-likeness (QED) is 0.253. The first-order valence-corrected chi connectivity index (χ1v) is 2.22. The first kappa shape index (κ1) is 8.13. The Morgan fingerprint density at radius 3 is 3.00 bits per heavy atom. The van der Waals surface area contributed by atoms with E-state index in [0.29, 0.717) is 0 Å². The second-order valence-corrected chi connectivity index (χ2v) is 1.15. The molecule has 0 fully saturated rings. The molecule has 0 aliphatic heterocycles. The van der Waals surface area contributed by atoms with E-state index >= 15 is 0 Å². The smallest absolute Gasteiger partial charge is 0.330 e. The van der Waals surface area contributed by atoms with Gasteiger partial charge < -0.3 is 4.74 Å². The summed E-state index contributed by atoms with van der Waals surface area (Å²) in [6.45, 7) is -0.130. The highest BCUT2D eigenvalue weighted by atomic mass is 17.1. The van der Waals surface area contributed by atoms with Crippen LogP contribution in [0.3, 0.4) is 0 Å². The lowest BCUT2D eigenvalue weighted by Crippen LogP contribution is -1.95. The van der Waals surface area contributed by atoms with Gasteiger partial charge in [-0.2, -0.15) is 0 Å². The van der Waals surface area contributed by atoms with Crippen molar-refractivity contribution in [1.29, 1.82) is 0 Å².